The zero-order valence-corrected chi connectivity index (χ0v) is 16.5. The van der Waals surface area contributed by atoms with Crippen LogP contribution in [0, 0.1) is 0 Å². The van der Waals surface area contributed by atoms with Crippen LogP contribution in [0.5, 0.6) is 11.5 Å². The van der Waals surface area contributed by atoms with Gasteiger partial charge in [-0.2, -0.15) is 0 Å². The highest BCUT2D eigenvalue weighted by Gasteiger charge is 2.29. The van der Waals surface area contributed by atoms with E-state index in [-0.39, 0.29) is 5.91 Å². The van der Waals surface area contributed by atoms with Crippen molar-refractivity contribution in [1.29, 1.82) is 0 Å². The smallest absolute Gasteiger partial charge is 0.227 e. The molecule has 3 aliphatic rings. The summed E-state index contributed by atoms with van der Waals surface area (Å²) >= 11 is 6.11. The molecule has 0 radical (unpaired) electrons. The second-order valence-electron chi connectivity index (χ2n) is 7.54. The average Bonchev–Trinajstić information content (AvgIpc) is 3.37. The second kappa shape index (κ2) is 7.21. The standard InChI is InChI=1S/C22H23ClN2O3/c23-16-2-1-3-17(13-16)24-6-8-25(9-7-24)21(26)14-19-18-5-11-27-20(18)12-15-4-10-28-22(15)19/h1-3,12-13H,4-11,14H2. The van der Waals surface area contributed by atoms with Crippen LogP contribution in [0.15, 0.2) is 30.3 Å². The molecule has 3 heterocycles. The second-order valence-corrected chi connectivity index (χ2v) is 7.98. The van der Waals surface area contributed by atoms with Gasteiger partial charge in [0.05, 0.1) is 19.6 Å². The zero-order chi connectivity index (χ0) is 19.1. The van der Waals surface area contributed by atoms with Crippen LogP contribution in [0.3, 0.4) is 0 Å². The zero-order valence-electron chi connectivity index (χ0n) is 15.7. The first-order valence-corrected chi connectivity index (χ1v) is 10.3. The maximum Gasteiger partial charge on any atom is 0.227 e. The van der Waals surface area contributed by atoms with Crippen molar-refractivity contribution < 1.29 is 14.3 Å². The lowest BCUT2D eigenvalue weighted by molar-refractivity contribution is -0.130. The molecule has 5 nitrogen and oxygen atoms in total. The quantitative estimate of drug-likeness (QED) is 0.796. The molecule has 0 N–H and O–H groups in total. The van der Waals surface area contributed by atoms with Crippen molar-refractivity contribution in [3.05, 3.63) is 52.0 Å². The Kier molecular flexibility index (Phi) is 4.55. The number of ether oxygens (including phenoxy) is 2. The van der Waals surface area contributed by atoms with Crippen LogP contribution in [0.1, 0.15) is 16.7 Å². The maximum absolute atomic E-state index is 13.1. The predicted molar refractivity (Wildman–Crippen MR) is 109 cm³/mol. The van der Waals surface area contributed by atoms with Gasteiger partial charge in [-0.05, 0) is 24.3 Å². The van der Waals surface area contributed by atoms with E-state index in [0.717, 1.165) is 72.4 Å². The van der Waals surface area contributed by atoms with Crippen molar-refractivity contribution in [2.24, 2.45) is 0 Å². The lowest BCUT2D eigenvalue weighted by Crippen LogP contribution is -2.49. The molecule has 0 aromatic heterocycles. The molecule has 1 saturated heterocycles. The molecule has 146 valence electrons. The van der Waals surface area contributed by atoms with Gasteiger partial charge < -0.3 is 19.3 Å². The molecule has 28 heavy (non-hydrogen) atoms. The highest BCUT2D eigenvalue weighted by Crippen LogP contribution is 2.41. The van der Waals surface area contributed by atoms with Gasteiger partial charge in [0, 0.05) is 66.4 Å². The lowest BCUT2D eigenvalue weighted by Gasteiger charge is -2.36. The Morgan fingerprint density at radius 1 is 1.04 bits per heavy atom. The Bertz CT molecular complexity index is 890. The molecule has 0 aliphatic carbocycles. The topological polar surface area (TPSA) is 42.0 Å². The molecule has 5 rings (SSSR count). The Labute approximate surface area is 169 Å². The summed E-state index contributed by atoms with van der Waals surface area (Å²) in [6.07, 6.45) is 2.15. The summed E-state index contributed by atoms with van der Waals surface area (Å²) in [5.41, 5.74) is 4.49. The van der Waals surface area contributed by atoms with E-state index in [4.69, 9.17) is 21.1 Å². The number of halogens is 1. The highest BCUT2D eigenvalue weighted by molar-refractivity contribution is 6.30. The summed E-state index contributed by atoms with van der Waals surface area (Å²) in [5, 5.41) is 0.741. The van der Waals surface area contributed by atoms with E-state index in [1.54, 1.807) is 0 Å². The largest absolute Gasteiger partial charge is 0.493 e. The lowest BCUT2D eigenvalue weighted by atomic mass is 9.96. The molecule has 0 bridgehead atoms. The third-order valence-electron chi connectivity index (χ3n) is 5.89. The van der Waals surface area contributed by atoms with Crippen molar-refractivity contribution in [3.63, 3.8) is 0 Å². The number of carbonyl (C=O) groups excluding carboxylic acids is 1. The SMILES string of the molecule is O=C(Cc1c2c(cc3c1OCC3)OCC2)N1CCN(c2cccc(Cl)c2)CC1. The molecule has 6 heteroatoms. The van der Waals surface area contributed by atoms with Gasteiger partial charge in [0.2, 0.25) is 5.91 Å². The molecule has 2 aromatic carbocycles. The Balaban J connectivity index is 1.29. The monoisotopic (exact) mass is 398 g/mol. The van der Waals surface area contributed by atoms with Gasteiger partial charge in [-0.3, -0.25) is 4.79 Å². The molecule has 1 fully saturated rings. The van der Waals surface area contributed by atoms with Crippen LogP contribution in [0.2, 0.25) is 5.02 Å². The number of carbonyl (C=O) groups is 1. The Morgan fingerprint density at radius 3 is 2.68 bits per heavy atom. The van der Waals surface area contributed by atoms with Crippen molar-refractivity contribution in [3.8, 4) is 11.5 Å². The van der Waals surface area contributed by atoms with Crippen LogP contribution in [-0.4, -0.2) is 50.2 Å². The fraction of sp³-hybridized carbons (Fsp3) is 0.409. The van der Waals surface area contributed by atoms with E-state index in [9.17, 15) is 4.79 Å². The molecular weight excluding hydrogens is 376 g/mol. The van der Waals surface area contributed by atoms with Crippen LogP contribution in [0.4, 0.5) is 5.69 Å². The van der Waals surface area contributed by atoms with Crippen LogP contribution in [0.25, 0.3) is 0 Å². The number of nitrogens with zero attached hydrogens (tertiary/aromatic N) is 2. The average molecular weight is 399 g/mol. The summed E-state index contributed by atoms with van der Waals surface area (Å²) in [5.74, 6) is 2.04. The first-order chi connectivity index (χ1) is 13.7. The predicted octanol–water partition coefficient (Wildman–Crippen LogP) is 3.10. The Morgan fingerprint density at radius 2 is 1.86 bits per heavy atom. The van der Waals surface area contributed by atoms with E-state index in [2.05, 4.69) is 17.0 Å². The maximum atomic E-state index is 13.1. The Hall–Kier alpha value is -2.40. The molecule has 0 spiro atoms. The number of benzene rings is 2. The highest BCUT2D eigenvalue weighted by atomic mass is 35.5. The van der Waals surface area contributed by atoms with Crippen LogP contribution in [-0.2, 0) is 24.1 Å². The first kappa shape index (κ1) is 17.7. The molecule has 0 atom stereocenters. The fourth-order valence-corrected chi connectivity index (χ4v) is 4.61. The van der Waals surface area contributed by atoms with Gasteiger partial charge in [0.1, 0.15) is 11.5 Å². The number of amides is 1. The molecule has 3 aliphatic heterocycles. The van der Waals surface area contributed by atoms with Gasteiger partial charge in [0.15, 0.2) is 0 Å². The number of rotatable bonds is 3. The molecule has 0 saturated carbocycles. The minimum Gasteiger partial charge on any atom is -0.493 e. The van der Waals surface area contributed by atoms with Gasteiger partial charge >= 0.3 is 0 Å². The van der Waals surface area contributed by atoms with E-state index >= 15 is 0 Å². The fourth-order valence-electron chi connectivity index (χ4n) is 4.42. The minimum absolute atomic E-state index is 0.170. The van der Waals surface area contributed by atoms with Gasteiger partial charge in [0.25, 0.3) is 0 Å². The molecular formula is C22H23ClN2O3. The minimum atomic E-state index is 0.170. The third-order valence-corrected chi connectivity index (χ3v) is 6.13. The van der Waals surface area contributed by atoms with E-state index < -0.39 is 0 Å². The van der Waals surface area contributed by atoms with E-state index in [0.29, 0.717) is 19.6 Å². The summed E-state index contributed by atoms with van der Waals surface area (Å²) in [6.45, 7) is 4.46. The van der Waals surface area contributed by atoms with E-state index in [1.807, 2.05) is 23.1 Å². The first-order valence-electron chi connectivity index (χ1n) is 9.90. The van der Waals surface area contributed by atoms with Crippen molar-refractivity contribution in [2.75, 3.05) is 44.3 Å². The summed E-state index contributed by atoms with van der Waals surface area (Å²) in [7, 11) is 0. The summed E-state index contributed by atoms with van der Waals surface area (Å²) < 4.78 is 11.6. The summed E-state index contributed by atoms with van der Waals surface area (Å²) in [4.78, 5) is 17.3. The normalized spacial score (nSPS) is 17.8. The number of hydrogen-bond acceptors (Lipinski definition) is 4. The van der Waals surface area contributed by atoms with E-state index in [1.165, 1.54) is 5.56 Å². The van der Waals surface area contributed by atoms with Crippen molar-refractivity contribution >= 4 is 23.2 Å². The van der Waals surface area contributed by atoms with Gasteiger partial charge in [-0.25, -0.2) is 0 Å². The third kappa shape index (κ3) is 3.18. The van der Waals surface area contributed by atoms with Crippen molar-refractivity contribution in [1.82, 2.24) is 4.90 Å². The van der Waals surface area contributed by atoms with Gasteiger partial charge in [-0.15, -0.1) is 0 Å². The number of fused-ring (bicyclic) bond motifs is 2. The van der Waals surface area contributed by atoms with Crippen molar-refractivity contribution in [2.45, 2.75) is 19.3 Å². The van der Waals surface area contributed by atoms with Crippen LogP contribution >= 0.6 is 11.6 Å². The summed E-state index contributed by atoms with van der Waals surface area (Å²) in [6, 6.07) is 9.99. The number of anilines is 1. The van der Waals surface area contributed by atoms with Gasteiger partial charge in [-0.1, -0.05) is 17.7 Å². The molecule has 2 aromatic rings. The van der Waals surface area contributed by atoms with Crippen LogP contribution < -0.4 is 14.4 Å². The molecule has 0 unspecified atom stereocenters. The number of hydrogen-bond donors (Lipinski definition) is 0. The number of piperazine rings is 1. The molecule has 1 amide bonds.